The summed E-state index contributed by atoms with van der Waals surface area (Å²) in [7, 11) is 0. The van der Waals surface area contributed by atoms with Crippen molar-refractivity contribution in [1.82, 2.24) is 0 Å². The van der Waals surface area contributed by atoms with Gasteiger partial charge in [-0.2, -0.15) is 0 Å². The maximum Gasteiger partial charge on any atom is 0.0739 e. The molecule has 0 aliphatic rings. The number of nitrogens with two attached hydrogens (primary N) is 1. The second-order valence-electron chi connectivity index (χ2n) is 3.81. The van der Waals surface area contributed by atoms with Crippen molar-refractivity contribution in [3.05, 3.63) is 23.2 Å². The molecule has 3 heteroatoms. The van der Waals surface area contributed by atoms with Crippen molar-refractivity contribution in [2.75, 3.05) is 17.6 Å². The SMILES string of the molecule is CC(C)CCNc1cccc(Cl)c1N. The van der Waals surface area contributed by atoms with Gasteiger partial charge in [-0.25, -0.2) is 0 Å². The number of hydrogen-bond donors (Lipinski definition) is 2. The maximum absolute atomic E-state index is 5.89. The summed E-state index contributed by atoms with van der Waals surface area (Å²) in [6.07, 6.45) is 1.13. The van der Waals surface area contributed by atoms with Gasteiger partial charge in [0.25, 0.3) is 0 Å². The number of rotatable bonds is 4. The molecule has 0 unspecified atom stereocenters. The molecule has 2 nitrogen and oxygen atoms in total. The fourth-order valence-electron chi connectivity index (χ4n) is 1.19. The number of para-hydroxylation sites is 1. The molecule has 14 heavy (non-hydrogen) atoms. The van der Waals surface area contributed by atoms with Crippen LogP contribution in [-0.4, -0.2) is 6.54 Å². The Bertz CT molecular complexity index is 297. The highest BCUT2D eigenvalue weighted by Gasteiger charge is 2.01. The maximum atomic E-state index is 5.89. The van der Waals surface area contributed by atoms with Gasteiger partial charge in [-0.15, -0.1) is 0 Å². The van der Waals surface area contributed by atoms with Crippen LogP contribution < -0.4 is 11.1 Å². The Morgan fingerprint density at radius 3 is 2.79 bits per heavy atom. The zero-order valence-electron chi connectivity index (χ0n) is 8.68. The van der Waals surface area contributed by atoms with Gasteiger partial charge in [0.1, 0.15) is 0 Å². The highest BCUT2D eigenvalue weighted by Crippen LogP contribution is 2.26. The van der Waals surface area contributed by atoms with E-state index in [-0.39, 0.29) is 0 Å². The summed E-state index contributed by atoms with van der Waals surface area (Å²) in [4.78, 5) is 0. The molecule has 78 valence electrons. The summed E-state index contributed by atoms with van der Waals surface area (Å²) in [5, 5.41) is 3.89. The topological polar surface area (TPSA) is 38.0 Å². The highest BCUT2D eigenvalue weighted by atomic mass is 35.5. The van der Waals surface area contributed by atoms with Crippen LogP contribution in [0, 0.1) is 5.92 Å². The zero-order valence-corrected chi connectivity index (χ0v) is 9.43. The third kappa shape index (κ3) is 3.11. The van der Waals surface area contributed by atoms with E-state index in [0.29, 0.717) is 16.6 Å². The quantitative estimate of drug-likeness (QED) is 0.751. The third-order valence-corrected chi connectivity index (χ3v) is 2.42. The second kappa shape index (κ2) is 5.11. The summed E-state index contributed by atoms with van der Waals surface area (Å²) in [6.45, 7) is 5.33. The number of anilines is 2. The Balaban J connectivity index is 2.54. The average Bonchev–Trinajstić information content (AvgIpc) is 2.12. The van der Waals surface area contributed by atoms with Crippen molar-refractivity contribution in [2.24, 2.45) is 5.92 Å². The van der Waals surface area contributed by atoms with Crippen molar-refractivity contribution in [3.8, 4) is 0 Å². The first-order valence-corrected chi connectivity index (χ1v) is 5.27. The van der Waals surface area contributed by atoms with E-state index in [0.717, 1.165) is 18.7 Å². The Morgan fingerprint density at radius 1 is 1.43 bits per heavy atom. The van der Waals surface area contributed by atoms with Crippen molar-refractivity contribution in [2.45, 2.75) is 20.3 Å². The van der Waals surface area contributed by atoms with Gasteiger partial charge in [0.05, 0.1) is 16.4 Å². The minimum absolute atomic E-state index is 0.611. The van der Waals surface area contributed by atoms with Gasteiger partial charge < -0.3 is 11.1 Å². The highest BCUT2D eigenvalue weighted by molar-refractivity contribution is 6.33. The molecule has 0 fully saturated rings. The number of benzene rings is 1. The molecule has 1 aromatic carbocycles. The molecule has 0 atom stereocenters. The predicted octanol–water partition coefficient (Wildman–Crippen LogP) is 3.38. The summed E-state index contributed by atoms with van der Waals surface area (Å²) in [5.41, 5.74) is 7.37. The van der Waals surface area contributed by atoms with Crippen molar-refractivity contribution >= 4 is 23.0 Å². The van der Waals surface area contributed by atoms with Crippen LogP contribution in [0.5, 0.6) is 0 Å². The summed E-state index contributed by atoms with van der Waals surface area (Å²) < 4.78 is 0. The molecule has 0 saturated carbocycles. The van der Waals surface area contributed by atoms with E-state index < -0.39 is 0 Å². The normalized spacial score (nSPS) is 10.6. The van der Waals surface area contributed by atoms with E-state index in [1.54, 1.807) is 6.07 Å². The first-order valence-electron chi connectivity index (χ1n) is 4.89. The third-order valence-electron chi connectivity index (χ3n) is 2.09. The Morgan fingerprint density at radius 2 is 2.14 bits per heavy atom. The number of nitrogen functional groups attached to an aromatic ring is 1. The van der Waals surface area contributed by atoms with E-state index in [4.69, 9.17) is 17.3 Å². The van der Waals surface area contributed by atoms with Gasteiger partial charge in [0, 0.05) is 6.54 Å². The van der Waals surface area contributed by atoms with Gasteiger partial charge in [-0.1, -0.05) is 31.5 Å². The smallest absolute Gasteiger partial charge is 0.0739 e. The molecular weight excluding hydrogens is 196 g/mol. The van der Waals surface area contributed by atoms with Gasteiger partial charge in [0.15, 0.2) is 0 Å². The van der Waals surface area contributed by atoms with Gasteiger partial charge in [-0.05, 0) is 24.5 Å². The van der Waals surface area contributed by atoms with Gasteiger partial charge in [-0.3, -0.25) is 0 Å². The van der Waals surface area contributed by atoms with Crippen LogP contribution >= 0.6 is 11.6 Å². The van der Waals surface area contributed by atoms with Crippen LogP contribution in [-0.2, 0) is 0 Å². The molecule has 1 aromatic rings. The van der Waals surface area contributed by atoms with E-state index in [9.17, 15) is 0 Å². The van der Waals surface area contributed by atoms with Gasteiger partial charge >= 0.3 is 0 Å². The Hall–Kier alpha value is -0.890. The first-order chi connectivity index (χ1) is 6.61. The molecule has 0 aliphatic carbocycles. The molecule has 0 radical (unpaired) electrons. The van der Waals surface area contributed by atoms with Crippen LogP contribution in [0.3, 0.4) is 0 Å². The van der Waals surface area contributed by atoms with Crippen molar-refractivity contribution < 1.29 is 0 Å². The predicted molar refractivity (Wildman–Crippen MR) is 63.8 cm³/mol. The van der Waals surface area contributed by atoms with E-state index in [1.165, 1.54) is 0 Å². The summed E-state index contributed by atoms with van der Waals surface area (Å²) in [6, 6.07) is 5.64. The average molecular weight is 213 g/mol. The second-order valence-corrected chi connectivity index (χ2v) is 4.22. The van der Waals surface area contributed by atoms with Crippen molar-refractivity contribution in [3.63, 3.8) is 0 Å². The monoisotopic (exact) mass is 212 g/mol. The Kier molecular flexibility index (Phi) is 4.08. The van der Waals surface area contributed by atoms with Crippen LogP contribution in [0.2, 0.25) is 5.02 Å². The first kappa shape index (κ1) is 11.2. The lowest BCUT2D eigenvalue weighted by atomic mass is 10.1. The summed E-state index contributed by atoms with van der Waals surface area (Å²) in [5.74, 6) is 0.697. The lowest BCUT2D eigenvalue weighted by Gasteiger charge is -2.11. The van der Waals surface area contributed by atoms with Crippen LogP contribution in [0.4, 0.5) is 11.4 Å². The number of hydrogen-bond acceptors (Lipinski definition) is 2. The molecule has 1 rings (SSSR count). The molecule has 0 aliphatic heterocycles. The van der Waals surface area contributed by atoms with Crippen LogP contribution in [0.25, 0.3) is 0 Å². The molecule has 0 heterocycles. The zero-order chi connectivity index (χ0) is 10.6. The van der Waals surface area contributed by atoms with Gasteiger partial charge in [0.2, 0.25) is 0 Å². The molecule has 0 spiro atoms. The van der Waals surface area contributed by atoms with Crippen molar-refractivity contribution in [1.29, 1.82) is 0 Å². The largest absolute Gasteiger partial charge is 0.396 e. The lowest BCUT2D eigenvalue weighted by molar-refractivity contribution is 0.607. The molecule has 0 aromatic heterocycles. The molecule has 3 N–H and O–H groups in total. The fraction of sp³-hybridized carbons (Fsp3) is 0.455. The molecule has 0 amide bonds. The standard InChI is InChI=1S/C11H17ClN2/c1-8(2)6-7-14-10-5-3-4-9(12)11(10)13/h3-5,8,14H,6-7,13H2,1-2H3. The van der Waals surface area contributed by atoms with E-state index >= 15 is 0 Å². The lowest BCUT2D eigenvalue weighted by Crippen LogP contribution is -2.06. The molecule has 0 saturated heterocycles. The molecule has 0 bridgehead atoms. The van der Waals surface area contributed by atoms with E-state index in [1.807, 2.05) is 12.1 Å². The van der Waals surface area contributed by atoms with E-state index in [2.05, 4.69) is 19.2 Å². The Labute approximate surface area is 90.4 Å². The molecular formula is C11H17ClN2. The summed E-state index contributed by atoms with van der Waals surface area (Å²) >= 11 is 5.89. The minimum atomic E-state index is 0.611. The number of nitrogens with one attached hydrogen (secondary N) is 1. The minimum Gasteiger partial charge on any atom is -0.396 e. The van der Waals surface area contributed by atoms with Crippen LogP contribution in [0.15, 0.2) is 18.2 Å². The number of halogens is 1. The van der Waals surface area contributed by atoms with Crippen LogP contribution in [0.1, 0.15) is 20.3 Å². The fourth-order valence-corrected chi connectivity index (χ4v) is 1.36.